The molecule has 4 aromatic rings. The van der Waals surface area contributed by atoms with Gasteiger partial charge in [-0.25, -0.2) is 4.98 Å². The largest absolute Gasteiger partial charge is 0.487 e. The maximum atomic E-state index is 12.2. The summed E-state index contributed by atoms with van der Waals surface area (Å²) in [5.74, 6) is 0.446. The first kappa shape index (κ1) is 15.8. The van der Waals surface area contributed by atoms with Crippen LogP contribution in [0.25, 0.3) is 5.65 Å². The summed E-state index contributed by atoms with van der Waals surface area (Å²) in [6.07, 6.45) is 7.04. The van der Waals surface area contributed by atoms with Crippen LogP contribution in [0.15, 0.2) is 79.4 Å². The van der Waals surface area contributed by atoms with Gasteiger partial charge in [0.25, 0.3) is 5.91 Å². The van der Waals surface area contributed by atoms with Gasteiger partial charge in [-0.2, -0.15) is 0 Å². The van der Waals surface area contributed by atoms with E-state index < -0.39 is 0 Å². The summed E-state index contributed by atoms with van der Waals surface area (Å²) < 4.78 is 7.76. The van der Waals surface area contributed by atoms with E-state index in [-0.39, 0.29) is 5.91 Å². The lowest BCUT2D eigenvalue weighted by Crippen LogP contribution is -2.12. The number of anilines is 1. The number of carbonyl (C=O) groups is 1. The minimum Gasteiger partial charge on any atom is -0.487 e. The van der Waals surface area contributed by atoms with Crippen LogP contribution < -0.4 is 10.1 Å². The number of rotatable bonds is 5. The Morgan fingerprint density at radius 1 is 1.12 bits per heavy atom. The summed E-state index contributed by atoms with van der Waals surface area (Å²) in [6, 6.07) is 16.5. The molecular weight excluding hydrogens is 328 g/mol. The normalized spacial score (nSPS) is 10.6. The Morgan fingerprint density at radius 2 is 2.08 bits per heavy atom. The molecule has 6 heteroatoms. The van der Waals surface area contributed by atoms with E-state index in [0.717, 1.165) is 11.3 Å². The standard InChI is InChI=1S/C20H16N4O2/c25-20(15-5-4-9-21-12-15)23-16-6-3-7-18(11-16)26-14-17-13-24-10-2-1-8-19(24)22-17/h1-13H,14H2,(H,23,25). The van der Waals surface area contributed by atoms with Crippen LogP contribution in [0.2, 0.25) is 0 Å². The number of pyridine rings is 2. The van der Waals surface area contributed by atoms with Crippen LogP contribution >= 0.6 is 0 Å². The minimum absolute atomic E-state index is 0.212. The number of amides is 1. The van der Waals surface area contributed by atoms with Gasteiger partial charge in [-0.3, -0.25) is 9.78 Å². The SMILES string of the molecule is O=C(Nc1cccc(OCc2cn3ccccc3n2)c1)c1cccnc1. The second-order valence-electron chi connectivity index (χ2n) is 5.71. The first-order valence-electron chi connectivity index (χ1n) is 8.15. The van der Waals surface area contributed by atoms with E-state index in [4.69, 9.17) is 4.74 Å². The number of imidazole rings is 1. The number of hydrogen-bond acceptors (Lipinski definition) is 4. The van der Waals surface area contributed by atoms with Gasteiger partial charge in [-0.15, -0.1) is 0 Å². The van der Waals surface area contributed by atoms with Gasteiger partial charge >= 0.3 is 0 Å². The molecule has 1 aromatic carbocycles. The van der Waals surface area contributed by atoms with Crippen molar-refractivity contribution < 1.29 is 9.53 Å². The molecule has 0 radical (unpaired) electrons. The quantitative estimate of drug-likeness (QED) is 0.601. The number of fused-ring (bicyclic) bond motifs is 1. The minimum atomic E-state index is -0.212. The Morgan fingerprint density at radius 3 is 2.92 bits per heavy atom. The van der Waals surface area contributed by atoms with Gasteiger partial charge in [0.05, 0.1) is 11.3 Å². The molecule has 0 bridgehead atoms. The zero-order valence-corrected chi connectivity index (χ0v) is 13.9. The Bertz CT molecular complexity index is 1010. The molecule has 26 heavy (non-hydrogen) atoms. The number of nitrogens with zero attached hydrogens (tertiary/aromatic N) is 3. The lowest BCUT2D eigenvalue weighted by Gasteiger charge is -2.08. The molecule has 6 nitrogen and oxygen atoms in total. The first-order chi connectivity index (χ1) is 12.8. The number of hydrogen-bond donors (Lipinski definition) is 1. The molecule has 0 saturated heterocycles. The van der Waals surface area contributed by atoms with Gasteiger partial charge in [0.1, 0.15) is 18.0 Å². The predicted molar refractivity (Wildman–Crippen MR) is 98.2 cm³/mol. The molecule has 128 valence electrons. The second kappa shape index (κ2) is 7.06. The third-order valence-corrected chi connectivity index (χ3v) is 3.82. The summed E-state index contributed by atoms with van der Waals surface area (Å²) >= 11 is 0. The van der Waals surface area contributed by atoms with Gasteiger partial charge in [0.2, 0.25) is 0 Å². The smallest absolute Gasteiger partial charge is 0.257 e. The first-order valence-corrected chi connectivity index (χ1v) is 8.15. The molecule has 1 amide bonds. The van der Waals surface area contributed by atoms with Crippen molar-refractivity contribution in [2.75, 3.05) is 5.32 Å². The molecule has 0 fully saturated rings. The van der Waals surface area contributed by atoms with Crippen molar-refractivity contribution in [3.8, 4) is 5.75 Å². The van der Waals surface area contributed by atoms with Crippen molar-refractivity contribution in [1.82, 2.24) is 14.4 Å². The molecule has 0 unspecified atom stereocenters. The molecule has 0 spiro atoms. The number of nitrogens with one attached hydrogen (secondary N) is 1. The lowest BCUT2D eigenvalue weighted by molar-refractivity contribution is 0.102. The highest BCUT2D eigenvalue weighted by Crippen LogP contribution is 2.19. The van der Waals surface area contributed by atoms with Crippen LogP contribution in [0, 0.1) is 0 Å². The summed E-state index contributed by atoms with van der Waals surface area (Å²) in [7, 11) is 0. The fourth-order valence-corrected chi connectivity index (χ4v) is 2.58. The monoisotopic (exact) mass is 344 g/mol. The van der Waals surface area contributed by atoms with Crippen LogP contribution in [0.3, 0.4) is 0 Å². The number of ether oxygens (including phenoxy) is 1. The maximum absolute atomic E-state index is 12.2. The van der Waals surface area contributed by atoms with Crippen molar-refractivity contribution in [2.45, 2.75) is 6.61 Å². The fourth-order valence-electron chi connectivity index (χ4n) is 2.58. The Kier molecular flexibility index (Phi) is 4.30. The van der Waals surface area contributed by atoms with Crippen LogP contribution in [0.5, 0.6) is 5.75 Å². The van der Waals surface area contributed by atoms with E-state index in [9.17, 15) is 4.79 Å². The van der Waals surface area contributed by atoms with Crippen molar-refractivity contribution in [2.24, 2.45) is 0 Å². The fraction of sp³-hybridized carbons (Fsp3) is 0.0500. The Balaban J connectivity index is 1.43. The van der Waals surface area contributed by atoms with Gasteiger partial charge in [-0.1, -0.05) is 12.1 Å². The summed E-state index contributed by atoms with van der Waals surface area (Å²) in [4.78, 5) is 20.7. The summed E-state index contributed by atoms with van der Waals surface area (Å²) in [6.45, 7) is 0.349. The molecule has 4 rings (SSSR count). The molecular formula is C20H16N4O2. The van der Waals surface area contributed by atoms with Gasteiger partial charge in [0.15, 0.2) is 0 Å². The molecule has 3 aromatic heterocycles. The zero-order valence-electron chi connectivity index (χ0n) is 13.9. The van der Waals surface area contributed by atoms with Crippen molar-refractivity contribution >= 4 is 17.2 Å². The maximum Gasteiger partial charge on any atom is 0.257 e. The molecule has 0 aliphatic rings. The molecule has 3 heterocycles. The van der Waals surface area contributed by atoms with E-state index in [2.05, 4.69) is 15.3 Å². The van der Waals surface area contributed by atoms with Gasteiger partial charge in [0, 0.05) is 36.5 Å². The highest BCUT2D eigenvalue weighted by atomic mass is 16.5. The summed E-state index contributed by atoms with van der Waals surface area (Å²) in [5.41, 5.74) is 2.87. The third-order valence-electron chi connectivity index (χ3n) is 3.82. The van der Waals surface area contributed by atoms with Crippen molar-refractivity contribution in [3.05, 3.63) is 90.6 Å². The predicted octanol–water partition coefficient (Wildman–Crippen LogP) is 3.56. The Labute approximate surface area is 150 Å². The average Bonchev–Trinajstić information content (AvgIpc) is 3.10. The van der Waals surface area contributed by atoms with E-state index in [0.29, 0.717) is 23.6 Å². The molecule has 0 aliphatic heterocycles. The van der Waals surface area contributed by atoms with E-state index in [1.54, 1.807) is 24.4 Å². The van der Waals surface area contributed by atoms with Gasteiger partial charge in [-0.05, 0) is 36.4 Å². The average molecular weight is 344 g/mol. The van der Waals surface area contributed by atoms with Crippen LogP contribution in [0.4, 0.5) is 5.69 Å². The van der Waals surface area contributed by atoms with Crippen LogP contribution in [-0.4, -0.2) is 20.3 Å². The second-order valence-corrected chi connectivity index (χ2v) is 5.71. The highest BCUT2D eigenvalue weighted by Gasteiger charge is 2.07. The van der Waals surface area contributed by atoms with E-state index in [1.807, 2.05) is 53.2 Å². The lowest BCUT2D eigenvalue weighted by atomic mass is 10.2. The van der Waals surface area contributed by atoms with Crippen molar-refractivity contribution in [1.29, 1.82) is 0 Å². The van der Waals surface area contributed by atoms with Crippen molar-refractivity contribution in [3.63, 3.8) is 0 Å². The van der Waals surface area contributed by atoms with Gasteiger partial charge < -0.3 is 14.5 Å². The molecule has 0 aliphatic carbocycles. The molecule has 1 N–H and O–H groups in total. The van der Waals surface area contributed by atoms with Crippen LogP contribution in [-0.2, 0) is 6.61 Å². The Hall–Kier alpha value is -3.67. The number of benzene rings is 1. The summed E-state index contributed by atoms with van der Waals surface area (Å²) in [5, 5.41) is 2.84. The van der Waals surface area contributed by atoms with E-state index in [1.165, 1.54) is 6.20 Å². The van der Waals surface area contributed by atoms with Crippen LogP contribution in [0.1, 0.15) is 16.1 Å². The number of aromatic nitrogens is 3. The number of carbonyl (C=O) groups excluding carboxylic acids is 1. The zero-order chi connectivity index (χ0) is 17.8. The van der Waals surface area contributed by atoms with E-state index >= 15 is 0 Å². The molecule has 0 atom stereocenters. The highest BCUT2D eigenvalue weighted by molar-refractivity contribution is 6.04. The topological polar surface area (TPSA) is 68.5 Å². The third kappa shape index (κ3) is 3.54. The molecule has 0 saturated carbocycles.